The number of hydrogen-bond donors (Lipinski definition) is 1. The molecule has 0 unspecified atom stereocenters. The molecule has 25 heavy (non-hydrogen) atoms. The second-order valence-electron chi connectivity index (χ2n) is 5.54. The third kappa shape index (κ3) is 3.15. The van der Waals surface area contributed by atoms with Crippen molar-refractivity contribution < 1.29 is 14.6 Å². The highest BCUT2D eigenvalue weighted by molar-refractivity contribution is 5.92. The van der Waals surface area contributed by atoms with Crippen molar-refractivity contribution in [1.29, 1.82) is 5.26 Å². The lowest BCUT2D eigenvalue weighted by atomic mass is 9.91. The predicted octanol–water partition coefficient (Wildman–Crippen LogP) is 3.80. The minimum absolute atomic E-state index is 0.0268. The molecule has 0 amide bonds. The molecular formula is C20H16N2O3. The van der Waals surface area contributed by atoms with Gasteiger partial charge in [-0.05, 0) is 24.1 Å². The molecule has 3 aromatic rings. The van der Waals surface area contributed by atoms with Gasteiger partial charge in [0.05, 0.1) is 12.6 Å². The summed E-state index contributed by atoms with van der Waals surface area (Å²) >= 11 is 0. The molecular weight excluding hydrogens is 316 g/mol. The van der Waals surface area contributed by atoms with Crippen molar-refractivity contribution in [1.82, 2.24) is 4.98 Å². The first-order valence-corrected chi connectivity index (χ1v) is 7.82. The first-order chi connectivity index (χ1) is 12.2. The van der Waals surface area contributed by atoms with Crippen molar-refractivity contribution in [2.75, 3.05) is 7.11 Å². The molecule has 0 spiro atoms. The molecule has 0 aliphatic rings. The summed E-state index contributed by atoms with van der Waals surface area (Å²) < 4.78 is 5.44. The van der Waals surface area contributed by atoms with Crippen LogP contribution < -0.4 is 4.74 Å². The Morgan fingerprint density at radius 1 is 1.20 bits per heavy atom. The van der Waals surface area contributed by atoms with Crippen LogP contribution >= 0.6 is 0 Å². The van der Waals surface area contributed by atoms with Crippen molar-refractivity contribution in [2.45, 2.75) is 12.8 Å². The van der Waals surface area contributed by atoms with Gasteiger partial charge >= 0.3 is 5.97 Å². The van der Waals surface area contributed by atoms with Gasteiger partial charge in [-0.3, -0.25) is 4.79 Å². The van der Waals surface area contributed by atoms with Gasteiger partial charge in [0, 0.05) is 22.9 Å². The molecule has 5 nitrogen and oxygen atoms in total. The average molecular weight is 332 g/mol. The molecule has 3 rings (SSSR count). The fourth-order valence-electron chi connectivity index (χ4n) is 2.99. The third-order valence-electron chi connectivity index (χ3n) is 4.07. The quantitative estimate of drug-likeness (QED) is 0.768. The summed E-state index contributed by atoms with van der Waals surface area (Å²) in [5.41, 5.74) is 3.12. The summed E-state index contributed by atoms with van der Waals surface area (Å²) in [4.78, 5) is 15.6. The number of ether oxygens (including phenoxy) is 1. The summed E-state index contributed by atoms with van der Waals surface area (Å²) in [6, 6.07) is 17.0. The van der Waals surface area contributed by atoms with Crippen LogP contribution in [0.25, 0.3) is 22.0 Å². The van der Waals surface area contributed by atoms with E-state index < -0.39 is 5.97 Å². The highest BCUT2D eigenvalue weighted by atomic mass is 16.5. The highest BCUT2D eigenvalue weighted by Crippen LogP contribution is 2.37. The van der Waals surface area contributed by atoms with E-state index in [9.17, 15) is 10.1 Å². The highest BCUT2D eigenvalue weighted by Gasteiger charge is 2.19. The van der Waals surface area contributed by atoms with Crippen molar-refractivity contribution in [2.24, 2.45) is 0 Å². The van der Waals surface area contributed by atoms with Crippen LogP contribution in [0.3, 0.4) is 0 Å². The lowest BCUT2D eigenvalue weighted by molar-refractivity contribution is -0.136. The van der Waals surface area contributed by atoms with Gasteiger partial charge in [0.1, 0.15) is 17.5 Å². The monoisotopic (exact) mass is 332 g/mol. The minimum Gasteiger partial charge on any atom is -0.496 e. The third-order valence-corrected chi connectivity index (χ3v) is 4.07. The van der Waals surface area contributed by atoms with Crippen molar-refractivity contribution in [3.8, 4) is 22.9 Å². The van der Waals surface area contributed by atoms with E-state index in [0.717, 1.165) is 16.5 Å². The molecule has 0 saturated heterocycles. The number of benzene rings is 2. The lowest BCUT2D eigenvalue weighted by Crippen LogP contribution is -2.04. The summed E-state index contributed by atoms with van der Waals surface area (Å²) in [5, 5.41) is 19.6. The van der Waals surface area contributed by atoms with Gasteiger partial charge < -0.3 is 9.84 Å². The Balaban J connectivity index is 2.37. The van der Waals surface area contributed by atoms with Crippen LogP contribution in [-0.4, -0.2) is 23.2 Å². The smallest absolute Gasteiger partial charge is 0.303 e. The Labute approximate surface area is 145 Å². The molecule has 2 aromatic carbocycles. The van der Waals surface area contributed by atoms with Crippen LogP contribution in [-0.2, 0) is 11.2 Å². The number of aliphatic carboxylic acids is 1. The SMILES string of the molecule is COc1ccccc1-c1c(C#N)nc2ccccc2c1CCC(=O)O. The van der Waals surface area contributed by atoms with Gasteiger partial charge in [-0.2, -0.15) is 5.26 Å². The van der Waals surface area contributed by atoms with Crippen molar-refractivity contribution >= 4 is 16.9 Å². The van der Waals surface area contributed by atoms with Crippen molar-refractivity contribution in [3.05, 3.63) is 59.8 Å². The van der Waals surface area contributed by atoms with E-state index in [-0.39, 0.29) is 12.1 Å². The number of methoxy groups -OCH3 is 1. The zero-order valence-electron chi connectivity index (χ0n) is 13.7. The number of aromatic nitrogens is 1. The maximum absolute atomic E-state index is 11.1. The van der Waals surface area contributed by atoms with E-state index in [2.05, 4.69) is 11.1 Å². The van der Waals surface area contributed by atoms with Crippen LogP contribution in [0.1, 0.15) is 17.7 Å². The van der Waals surface area contributed by atoms with E-state index in [1.54, 1.807) is 7.11 Å². The lowest BCUT2D eigenvalue weighted by Gasteiger charge is -2.16. The Bertz CT molecular complexity index is 990. The molecule has 1 heterocycles. The Hall–Kier alpha value is -3.39. The summed E-state index contributed by atoms with van der Waals surface area (Å²) in [7, 11) is 1.57. The maximum Gasteiger partial charge on any atom is 0.303 e. The van der Waals surface area contributed by atoms with E-state index >= 15 is 0 Å². The number of carboxylic acids is 1. The van der Waals surface area contributed by atoms with E-state index in [4.69, 9.17) is 9.84 Å². The average Bonchev–Trinajstić information content (AvgIpc) is 2.65. The fraction of sp³-hybridized carbons (Fsp3) is 0.150. The molecule has 0 bridgehead atoms. The first-order valence-electron chi connectivity index (χ1n) is 7.82. The molecule has 0 saturated carbocycles. The van der Waals surface area contributed by atoms with Gasteiger partial charge in [0.15, 0.2) is 0 Å². The minimum atomic E-state index is -0.884. The van der Waals surface area contributed by atoms with Crippen LogP contribution in [0, 0.1) is 11.3 Å². The largest absolute Gasteiger partial charge is 0.496 e. The zero-order valence-corrected chi connectivity index (χ0v) is 13.7. The number of rotatable bonds is 5. The summed E-state index contributed by atoms with van der Waals surface area (Å²) in [5.74, 6) is -0.266. The fourth-order valence-corrected chi connectivity index (χ4v) is 2.99. The van der Waals surface area contributed by atoms with E-state index in [0.29, 0.717) is 23.3 Å². The van der Waals surface area contributed by atoms with Crippen LogP contribution in [0.15, 0.2) is 48.5 Å². The van der Waals surface area contributed by atoms with E-state index in [1.807, 2.05) is 48.5 Å². The summed E-state index contributed by atoms with van der Waals surface area (Å²) in [6.45, 7) is 0. The number of para-hydroxylation sites is 2. The van der Waals surface area contributed by atoms with Gasteiger partial charge in [-0.15, -0.1) is 0 Å². The summed E-state index contributed by atoms with van der Waals surface area (Å²) in [6.07, 6.45) is 0.279. The Morgan fingerprint density at radius 3 is 2.64 bits per heavy atom. The Kier molecular flexibility index (Phi) is 4.62. The zero-order chi connectivity index (χ0) is 17.8. The maximum atomic E-state index is 11.1. The second-order valence-corrected chi connectivity index (χ2v) is 5.54. The topological polar surface area (TPSA) is 83.2 Å². The van der Waals surface area contributed by atoms with Crippen LogP contribution in [0.2, 0.25) is 0 Å². The van der Waals surface area contributed by atoms with Gasteiger partial charge in [0.2, 0.25) is 0 Å². The Morgan fingerprint density at radius 2 is 1.92 bits per heavy atom. The molecule has 0 fully saturated rings. The first kappa shape index (κ1) is 16.5. The molecule has 5 heteroatoms. The molecule has 1 aromatic heterocycles. The number of carboxylic acid groups (broad SMARTS) is 1. The number of fused-ring (bicyclic) bond motifs is 1. The number of pyridine rings is 1. The van der Waals surface area contributed by atoms with Gasteiger partial charge in [-0.1, -0.05) is 36.4 Å². The second kappa shape index (κ2) is 7.02. The standard InChI is InChI=1S/C20H16N2O3/c1-25-18-9-5-3-7-15(18)20-14(10-11-19(23)24)13-6-2-4-8-16(13)22-17(20)12-21/h2-9H,10-11H2,1H3,(H,23,24). The van der Waals surface area contributed by atoms with Crippen molar-refractivity contribution in [3.63, 3.8) is 0 Å². The predicted molar refractivity (Wildman–Crippen MR) is 94.4 cm³/mol. The van der Waals surface area contributed by atoms with Gasteiger partial charge in [-0.25, -0.2) is 4.98 Å². The molecule has 124 valence electrons. The molecule has 0 aliphatic heterocycles. The molecule has 0 atom stereocenters. The van der Waals surface area contributed by atoms with Crippen LogP contribution in [0.4, 0.5) is 0 Å². The van der Waals surface area contributed by atoms with E-state index in [1.165, 1.54) is 0 Å². The molecule has 1 N–H and O–H groups in total. The number of aryl methyl sites for hydroxylation is 1. The molecule has 0 radical (unpaired) electrons. The number of hydrogen-bond acceptors (Lipinski definition) is 4. The number of carbonyl (C=O) groups is 1. The molecule has 0 aliphatic carbocycles. The van der Waals surface area contributed by atoms with Crippen LogP contribution in [0.5, 0.6) is 5.75 Å². The normalized spacial score (nSPS) is 10.4. The van der Waals surface area contributed by atoms with Gasteiger partial charge in [0.25, 0.3) is 0 Å². The number of nitriles is 1. The number of nitrogens with zero attached hydrogens (tertiary/aromatic N) is 2.